The summed E-state index contributed by atoms with van der Waals surface area (Å²) in [5.41, 5.74) is 0. The van der Waals surface area contributed by atoms with Crippen LogP contribution in [-0.4, -0.2) is 29.8 Å². The zero-order valence-electron chi connectivity index (χ0n) is 11.0. The number of unbranched alkanes of at least 4 members (excludes halogenated alkanes) is 1. The normalized spacial score (nSPS) is 13.7. The second-order valence-corrected chi connectivity index (χ2v) is 5.67. The Morgan fingerprint density at radius 3 is 2.39 bits per heavy atom. The average Bonchev–Trinajstić information content (AvgIpc) is 2.22. The molecule has 0 rings (SSSR count). The first kappa shape index (κ1) is 17.6. The summed E-state index contributed by atoms with van der Waals surface area (Å²) < 4.78 is 41.1. The van der Waals surface area contributed by atoms with Crippen LogP contribution in [0.4, 0.5) is 13.2 Å². The van der Waals surface area contributed by atoms with Gasteiger partial charge in [0, 0.05) is 5.75 Å². The molecule has 0 saturated heterocycles. The number of ether oxygens (including phenoxy) is 1. The van der Waals surface area contributed by atoms with Crippen LogP contribution in [0.3, 0.4) is 0 Å². The Hall–Kier alpha value is -0.390. The highest BCUT2D eigenvalue weighted by Crippen LogP contribution is 2.27. The molecule has 0 bridgehead atoms. The first-order valence-electron chi connectivity index (χ1n) is 6.13. The molecule has 0 aliphatic heterocycles. The van der Waals surface area contributed by atoms with Gasteiger partial charge in [-0.3, -0.25) is 4.79 Å². The van der Waals surface area contributed by atoms with E-state index in [1.807, 2.05) is 20.8 Å². The highest BCUT2D eigenvalue weighted by atomic mass is 32.2. The van der Waals surface area contributed by atoms with Crippen molar-refractivity contribution in [1.82, 2.24) is 0 Å². The Balaban J connectivity index is 4.09. The van der Waals surface area contributed by atoms with E-state index in [1.165, 1.54) is 0 Å². The van der Waals surface area contributed by atoms with Crippen molar-refractivity contribution in [2.24, 2.45) is 5.92 Å². The van der Waals surface area contributed by atoms with Gasteiger partial charge < -0.3 is 4.74 Å². The Morgan fingerprint density at radius 2 is 1.94 bits per heavy atom. The maximum atomic E-state index is 12.0. The van der Waals surface area contributed by atoms with Gasteiger partial charge in [-0.15, -0.1) is 11.8 Å². The van der Waals surface area contributed by atoms with Crippen LogP contribution in [0, 0.1) is 5.92 Å². The molecule has 18 heavy (non-hydrogen) atoms. The topological polar surface area (TPSA) is 26.3 Å². The summed E-state index contributed by atoms with van der Waals surface area (Å²) in [4.78, 5) is 11.7. The molecule has 6 heteroatoms. The van der Waals surface area contributed by atoms with Crippen molar-refractivity contribution in [2.45, 2.75) is 51.5 Å². The van der Waals surface area contributed by atoms with Crippen LogP contribution in [0.1, 0.15) is 40.0 Å². The molecule has 1 unspecified atom stereocenters. The lowest BCUT2D eigenvalue weighted by Gasteiger charge is -2.19. The van der Waals surface area contributed by atoms with Crippen LogP contribution < -0.4 is 0 Å². The molecule has 0 heterocycles. The van der Waals surface area contributed by atoms with Gasteiger partial charge in [-0.25, -0.2) is 0 Å². The fraction of sp³-hybridized carbons (Fsp3) is 0.917. The molecule has 0 spiro atoms. The number of thioether (sulfide) groups is 1. The fourth-order valence-electron chi connectivity index (χ4n) is 1.23. The molecule has 0 amide bonds. The van der Waals surface area contributed by atoms with Crippen LogP contribution in [0.2, 0.25) is 0 Å². The first-order chi connectivity index (χ1) is 8.28. The number of carbonyl (C=O) groups is 1. The number of rotatable bonds is 8. The number of carbonyl (C=O) groups excluding carboxylic acids is 1. The molecule has 0 aliphatic carbocycles. The standard InChI is InChI=1S/C12H21F3O2S/c1-4-5-7-17-11(16)10(9(2)3)18-8-6-12(13,14)15/h9-10H,4-8H2,1-3H3. The van der Waals surface area contributed by atoms with Crippen molar-refractivity contribution < 1.29 is 22.7 Å². The van der Waals surface area contributed by atoms with E-state index in [4.69, 9.17) is 4.74 Å². The molecule has 0 aromatic heterocycles. The van der Waals surface area contributed by atoms with E-state index in [9.17, 15) is 18.0 Å². The van der Waals surface area contributed by atoms with Gasteiger partial charge in [0.1, 0.15) is 5.25 Å². The molecule has 0 aromatic carbocycles. The predicted octanol–water partition coefficient (Wildman–Crippen LogP) is 4.04. The number of esters is 1. The summed E-state index contributed by atoms with van der Waals surface area (Å²) in [6.45, 7) is 5.95. The lowest BCUT2D eigenvalue weighted by Crippen LogP contribution is -2.27. The first-order valence-corrected chi connectivity index (χ1v) is 7.17. The molecule has 0 aromatic rings. The van der Waals surface area contributed by atoms with E-state index < -0.39 is 23.8 Å². The number of halogens is 3. The number of hydrogen-bond acceptors (Lipinski definition) is 3. The van der Waals surface area contributed by atoms with E-state index >= 15 is 0 Å². The quantitative estimate of drug-likeness (QED) is 0.497. The van der Waals surface area contributed by atoms with E-state index in [0.717, 1.165) is 24.6 Å². The second kappa shape index (κ2) is 8.67. The maximum Gasteiger partial charge on any atom is 0.389 e. The zero-order valence-corrected chi connectivity index (χ0v) is 11.9. The van der Waals surface area contributed by atoms with Gasteiger partial charge >= 0.3 is 12.1 Å². The van der Waals surface area contributed by atoms with Gasteiger partial charge in [-0.2, -0.15) is 13.2 Å². The largest absolute Gasteiger partial charge is 0.465 e. The Labute approximate surface area is 111 Å². The summed E-state index contributed by atoms with van der Waals surface area (Å²) >= 11 is 1.03. The lowest BCUT2D eigenvalue weighted by molar-refractivity contribution is -0.144. The molecule has 1 atom stereocenters. The molecular weight excluding hydrogens is 265 g/mol. The fourth-order valence-corrected chi connectivity index (χ4v) is 2.43. The summed E-state index contributed by atoms with van der Waals surface area (Å²) in [5.74, 6) is -0.530. The molecule has 0 N–H and O–H groups in total. The van der Waals surface area contributed by atoms with E-state index in [0.29, 0.717) is 6.61 Å². The molecule has 0 aliphatic rings. The van der Waals surface area contributed by atoms with Crippen LogP contribution in [0.15, 0.2) is 0 Å². The smallest absolute Gasteiger partial charge is 0.389 e. The van der Waals surface area contributed by atoms with Crippen LogP contribution in [-0.2, 0) is 9.53 Å². The van der Waals surface area contributed by atoms with E-state index in [-0.39, 0.29) is 11.7 Å². The van der Waals surface area contributed by atoms with Gasteiger partial charge in [0.05, 0.1) is 13.0 Å². The van der Waals surface area contributed by atoms with Gasteiger partial charge in [0.25, 0.3) is 0 Å². The lowest BCUT2D eigenvalue weighted by atomic mass is 10.1. The minimum absolute atomic E-state index is 0.0302. The van der Waals surface area contributed by atoms with Gasteiger partial charge in [-0.1, -0.05) is 27.2 Å². The van der Waals surface area contributed by atoms with Crippen molar-refractivity contribution in [3.63, 3.8) is 0 Å². The van der Waals surface area contributed by atoms with Gasteiger partial charge in [0.15, 0.2) is 0 Å². The minimum atomic E-state index is -4.17. The Morgan fingerprint density at radius 1 is 1.33 bits per heavy atom. The van der Waals surface area contributed by atoms with Crippen molar-refractivity contribution in [3.05, 3.63) is 0 Å². The summed E-state index contributed by atoms with van der Waals surface area (Å²) in [6, 6.07) is 0. The average molecular weight is 286 g/mol. The third-order valence-electron chi connectivity index (χ3n) is 2.26. The van der Waals surface area contributed by atoms with E-state index in [2.05, 4.69) is 0 Å². The zero-order chi connectivity index (χ0) is 14.2. The van der Waals surface area contributed by atoms with Crippen molar-refractivity contribution >= 4 is 17.7 Å². The van der Waals surface area contributed by atoms with Gasteiger partial charge in [-0.05, 0) is 12.3 Å². The minimum Gasteiger partial charge on any atom is -0.465 e. The highest BCUT2D eigenvalue weighted by molar-refractivity contribution is 8.00. The van der Waals surface area contributed by atoms with Crippen molar-refractivity contribution in [3.8, 4) is 0 Å². The third kappa shape index (κ3) is 8.66. The van der Waals surface area contributed by atoms with Crippen LogP contribution in [0.25, 0.3) is 0 Å². The Kier molecular flexibility index (Phi) is 8.48. The number of alkyl halides is 3. The molecule has 0 fully saturated rings. The third-order valence-corrected chi connectivity index (χ3v) is 3.80. The van der Waals surface area contributed by atoms with Crippen molar-refractivity contribution in [2.75, 3.05) is 12.4 Å². The Bertz CT molecular complexity index is 242. The molecule has 0 radical (unpaired) electrons. The van der Waals surface area contributed by atoms with Crippen LogP contribution >= 0.6 is 11.8 Å². The highest BCUT2D eigenvalue weighted by Gasteiger charge is 2.29. The van der Waals surface area contributed by atoms with Crippen molar-refractivity contribution in [1.29, 1.82) is 0 Å². The molecule has 108 valence electrons. The molecular formula is C12H21F3O2S. The second-order valence-electron chi connectivity index (χ2n) is 4.42. The summed E-state index contributed by atoms with van der Waals surface area (Å²) in [7, 11) is 0. The molecule has 2 nitrogen and oxygen atoms in total. The predicted molar refractivity (Wildman–Crippen MR) is 67.6 cm³/mol. The molecule has 0 saturated carbocycles. The van der Waals surface area contributed by atoms with Crippen LogP contribution in [0.5, 0.6) is 0 Å². The summed E-state index contributed by atoms with van der Waals surface area (Å²) in [5, 5.41) is -0.510. The SMILES string of the molecule is CCCCOC(=O)C(SCCC(F)(F)F)C(C)C. The summed E-state index contributed by atoms with van der Waals surface area (Å²) in [6.07, 6.45) is -3.34. The maximum absolute atomic E-state index is 12.0. The monoisotopic (exact) mass is 286 g/mol. The van der Waals surface area contributed by atoms with Gasteiger partial charge in [0.2, 0.25) is 0 Å². The number of hydrogen-bond donors (Lipinski definition) is 0. The van der Waals surface area contributed by atoms with E-state index in [1.54, 1.807) is 0 Å².